The Kier molecular flexibility index (Phi) is 6.14. The topological polar surface area (TPSA) is 27.7 Å². The van der Waals surface area contributed by atoms with Crippen LogP contribution >= 0.6 is 0 Å². The maximum atomic E-state index is 6.54. The molecule has 0 aromatic heterocycles. The van der Waals surface area contributed by atoms with E-state index in [0.717, 1.165) is 18.9 Å². The minimum Gasteiger partial charge on any atom is -0.370 e. The minimum absolute atomic E-state index is 0.409. The molecule has 3 fully saturated rings. The van der Waals surface area contributed by atoms with Crippen molar-refractivity contribution in [2.45, 2.75) is 101 Å². The fourth-order valence-electron chi connectivity index (χ4n) is 3.12. The fourth-order valence-corrected chi connectivity index (χ4v) is 6.55. The van der Waals surface area contributed by atoms with Crippen molar-refractivity contribution in [3.05, 3.63) is 12.7 Å². The van der Waals surface area contributed by atoms with E-state index in [9.17, 15) is 0 Å². The van der Waals surface area contributed by atoms with Gasteiger partial charge in [0.1, 0.15) is 0 Å². The molecule has 0 aliphatic heterocycles. The highest BCUT2D eigenvalue weighted by molar-refractivity contribution is 6.60. The van der Waals surface area contributed by atoms with Crippen molar-refractivity contribution in [1.82, 2.24) is 0 Å². The molecule has 3 rings (SSSR count). The van der Waals surface area contributed by atoms with Gasteiger partial charge >= 0.3 is 8.80 Å². The molecule has 0 unspecified atom stereocenters. The van der Waals surface area contributed by atoms with Crippen LogP contribution in [0.5, 0.6) is 0 Å². The number of hydrogen-bond acceptors (Lipinski definition) is 3. The summed E-state index contributed by atoms with van der Waals surface area (Å²) in [5.74, 6) is 0. The van der Waals surface area contributed by atoms with E-state index in [1.807, 2.05) is 6.08 Å². The molecule has 3 aliphatic rings. The van der Waals surface area contributed by atoms with Crippen molar-refractivity contribution in [3.8, 4) is 0 Å². The van der Waals surface area contributed by atoms with Crippen molar-refractivity contribution in [2.75, 3.05) is 0 Å². The molecule has 0 bridgehead atoms. The van der Waals surface area contributed by atoms with E-state index in [2.05, 4.69) is 6.58 Å². The second kappa shape index (κ2) is 8.09. The molecule has 0 radical (unpaired) electrons. The second-order valence-corrected chi connectivity index (χ2v) is 9.80. The van der Waals surface area contributed by atoms with E-state index in [1.54, 1.807) is 0 Å². The summed E-state index contributed by atoms with van der Waals surface area (Å²) in [6, 6.07) is 1.00. The summed E-state index contributed by atoms with van der Waals surface area (Å²) in [5.41, 5.74) is 0. The lowest BCUT2D eigenvalue weighted by atomic mass is 9.97. The van der Waals surface area contributed by atoms with Crippen molar-refractivity contribution in [1.29, 1.82) is 0 Å². The number of unbranched alkanes of at least 4 members (excludes halogenated alkanes) is 2. The lowest BCUT2D eigenvalue weighted by Crippen LogP contribution is -2.55. The lowest BCUT2D eigenvalue weighted by molar-refractivity contribution is -0.0652. The zero-order valence-electron chi connectivity index (χ0n) is 13.9. The van der Waals surface area contributed by atoms with E-state index in [4.69, 9.17) is 13.3 Å². The van der Waals surface area contributed by atoms with Crippen molar-refractivity contribution >= 4 is 8.80 Å². The standard InChI is InChI=1S/C18H32O3Si/c1-2-3-4-5-15-22(19-16-9-6-10-16,20-17-11-7-12-17)21-18-13-8-14-18/h2,16-18H,1,3-15H2. The van der Waals surface area contributed by atoms with Gasteiger partial charge in [-0.15, -0.1) is 6.58 Å². The van der Waals surface area contributed by atoms with Gasteiger partial charge in [-0.05, 0) is 77.0 Å². The van der Waals surface area contributed by atoms with Gasteiger partial charge in [-0.2, -0.15) is 0 Å². The molecule has 0 N–H and O–H groups in total. The van der Waals surface area contributed by atoms with E-state index in [-0.39, 0.29) is 0 Å². The van der Waals surface area contributed by atoms with Crippen LogP contribution in [0.15, 0.2) is 12.7 Å². The number of allylic oxidation sites excluding steroid dienone is 1. The summed E-state index contributed by atoms with van der Waals surface area (Å²) in [5, 5.41) is 0. The van der Waals surface area contributed by atoms with Gasteiger partial charge in [0.25, 0.3) is 0 Å². The molecule has 0 heterocycles. The first-order valence-corrected chi connectivity index (χ1v) is 11.4. The molecule has 0 aromatic rings. The summed E-state index contributed by atoms with van der Waals surface area (Å²) in [6.45, 7) is 3.82. The summed E-state index contributed by atoms with van der Waals surface area (Å²) in [6.07, 6.45) is 17.7. The zero-order chi connectivity index (χ0) is 15.3. The molecule has 0 atom stereocenters. The predicted octanol–water partition coefficient (Wildman–Crippen LogP) is 4.99. The van der Waals surface area contributed by atoms with Gasteiger partial charge in [-0.25, -0.2) is 0 Å². The van der Waals surface area contributed by atoms with Gasteiger partial charge in [-0.3, -0.25) is 0 Å². The molecule has 0 aromatic carbocycles. The molecule has 0 spiro atoms. The van der Waals surface area contributed by atoms with Gasteiger partial charge in [0.15, 0.2) is 0 Å². The fraction of sp³-hybridized carbons (Fsp3) is 0.889. The first-order chi connectivity index (χ1) is 10.8. The summed E-state index contributed by atoms with van der Waals surface area (Å²) >= 11 is 0. The zero-order valence-corrected chi connectivity index (χ0v) is 14.9. The Hall–Kier alpha value is -0.163. The molecule has 4 heteroatoms. The van der Waals surface area contributed by atoms with E-state index in [0.29, 0.717) is 18.3 Å². The van der Waals surface area contributed by atoms with Crippen molar-refractivity contribution < 1.29 is 13.3 Å². The molecule has 22 heavy (non-hydrogen) atoms. The smallest absolute Gasteiger partial charge is 0.370 e. The van der Waals surface area contributed by atoms with E-state index >= 15 is 0 Å². The van der Waals surface area contributed by atoms with Gasteiger partial charge in [0, 0.05) is 24.4 Å². The van der Waals surface area contributed by atoms with Gasteiger partial charge in [0.2, 0.25) is 0 Å². The van der Waals surface area contributed by atoms with Gasteiger partial charge in [-0.1, -0.05) is 6.08 Å². The van der Waals surface area contributed by atoms with Crippen molar-refractivity contribution in [3.63, 3.8) is 0 Å². The normalized spacial score (nSPS) is 23.6. The largest absolute Gasteiger partial charge is 0.501 e. The Bertz CT molecular complexity index is 307. The third kappa shape index (κ3) is 4.44. The molecule has 3 saturated carbocycles. The molecule has 0 saturated heterocycles. The maximum Gasteiger partial charge on any atom is 0.501 e. The second-order valence-electron chi connectivity index (χ2n) is 7.23. The number of hydrogen-bond donors (Lipinski definition) is 0. The Labute approximate surface area is 136 Å². The minimum atomic E-state index is -2.48. The van der Waals surface area contributed by atoms with Gasteiger partial charge < -0.3 is 13.3 Å². The monoisotopic (exact) mass is 324 g/mol. The average molecular weight is 325 g/mol. The third-order valence-electron chi connectivity index (χ3n) is 5.34. The Balaban J connectivity index is 1.60. The van der Waals surface area contributed by atoms with Crippen LogP contribution in [-0.2, 0) is 13.3 Å². The van der Waals surface area contributed by atoms with Crippen molar-refractivity contribution in [2.24, 2.45) is 0 Å². The first-order valence-electron chi connectivity index (χ1n) is 9.44. The van der Waals surface area contributed by atoms with E-state index < -0.39 is 8.80 Å². The predicted molar refractivity (Wildman–Crippen MR) is 90.8 cm³/mol. The lowest BCUT2D eigenvalue weighted by Gasteiger charge is -2.43. The van der Waals surface area contributed by atoms with Crippen LogP contribution in [0, 0.1) is 0 Å². The highest BCUT2D eigenvalue weighted by Crippen LogP contribution is 2.37. The first kappa shape index (κ1) is 16.7. The number of rotatable bonds is 11. The Morgan fingerprint density at radius 1 is 0.773 bits per heavy atom. The summed E-state index contributed by atoms with van der Waals surface area (Å²) in [4.78, 5) is 0. The summed E-state index contributed by atoms with van der Waals surface area (Å²) in [7, 11) is -2.48. The summed E-state index contributed by atoms with van der Waals surface area (Å²) < 4.78 is 19.6. The molecule has 3 nitrogen and oxygen atoms in total. The maximum absolute atomic E-state index is 6.54. The van der Waals surface area contributed by atoms with Crippen LogP contribution in [-0.4, -0.2) is 27.1 Å². The highest BCUT2D eigenvalue weighted by atomic mass is 28.4. The van der Waals surface area contributed by atoms with Crippen LogP contribution in [0.25, 0.3) is 0 Å². The van der Waals surface area contributed by atoms with Crippen LogP contribution in [0.3, 0.4) is 0 Å². The van der Waals surface area contributed by atoms with E-state index in [1.165, 1.54) is 64.2 Å². The SMILES string of the molecule is C=CCCCC[Si](OC1CCC1)(OC1CCC1)OC1CCC1. The molecular weight excluding hydrogens is 292 g/mol. The third-order valence-corrected chi connectivity index (χ3v) is 8.38. The quantitative estimate of drug-likeness (QED) is 0.304. The molecule has 0 amide bonds. The Morgan fingerprint density at radius 2 is 1.23 bits per heavy atom. The van der Waals surface area contributed by atoms with Gasteiger partial charge in [0.05, 0.1) is 0 Å². The van der Waals surface area contributed by atoms with Crippen LogP contribution in [0.2, 0.25) is 6.04 Å². The molecule has 126 valence electrons. The van der Waals surface area contributed by atoms with Crippen LogP contribution < -0.4 is 0 Å². The average Bonchev–Trinajstić information content (AvgIpc) is 2.38. The van der Waals surface area contributed by atoms with Crippen LogP contribution in [0.1, 0.15) is 77.0 Å². The molecular formula is C18H32O3Si. The highest BCUT2D eigenvalue weighted by Gasteiger charge is 2.49. The Morgan fingerprint density at radius 3 is 1.55 bits per heavy atom. The molecule has 3 aliphatic carbocycles. The van der Waals surface area contributed by atoms with Crippen LogP contribution in [0.4, 0.5) is 0 Å².